The minimum absolute atomic E-state index is 0.108. The second-order valence-corrected chi connectivity index (χ2v) is 5.15. The maximum absolute atomic E-state index is 11.3. The molecular weight excluding hydrogens is 230 g/mol. The summed E-state index contributed by atoms with van der Waals surface area (Å²) in [6.45, 7) is 6.33. The van der Waals surface area contributed by atoms with Gasteiger partial charge in [-0.05, 0) is 32.0 Å². The molecule has 1 amide bonds. The first kappa shape index (κ1) is 12.7. The summed E-state index contributed by atoms with van der Waals surface area (Å²) in [4.78, 5) is 13.5. The van der Waals surface area contributed by atoms with Crippen LogP contribution in [0.25, 0.3) is 0 Å². The fourth-order valence-corrected chi connectivity index (χ4v) is 2.26. The summed E-state index contributed by atoms with van der Waals surface area (Å²) in [5.41, 5.74) is 12.7. The zero-order valence-electron chi connectivity index (χ0n) is 10.8. The van der Waals surface area contributed by atoms with Gasteiger partial charge in [-0.1, -0.05) is 0 Å². The Morgan fingerprint density at radius 1 is 1.44 bits per heavy atom. The van der Waals surface area contributed by atoms with E-state index in [1.54, 1.807) is 12.1 Å². The van der Waals surface area contributed by atoms with Crippen LogP contribution in [-0.2, 0) is 4.74 Å². The molecule has 1 fully saturated rings. The maximum atomic E-state index is 11.3. The van der Waals surface area contributed by atoms with Crippen LogP contribution in [0.5, 0.6) is 0 Å². The number of benzene rings is 1. The number of anilines is 2. The van der Waals surface area contributed by atoms with Gasteiger partial charge in [-0.15, -0.1) is 0 Å². The summed E-state index contributed by atoms with van der Waals surface area (Å²) in [5, 5.41) is 0. The zero-order chi connectivity index (χ0) is 13.3. The Morgan fingerprint density at radius 2 is 2.17 bits per heavy atom. The normalized spacial score (nSPS) is 18.7. The van der Waals surface area contributed by atoms with E-state index in [-0.39, 0.29) is 5.54 Å². The van der Waals surface area contributed by atoms with Gasteiger partial charge in [0, 0.05) is 17.9 Å². The lowest BCUT2D eigenvalue weighted by atomic mass is 10.0. The van der Waals surface area contributed by atoms with Crippen LogP contribution in [0.15, 0.2) is 18.2 Å². The van der Waals surface area contributed by atoms with Gasteiger partial charge >= 0.3 is 0 Å². The molecule has 0 saturated carbocycles. The molecule has 18 heavy (non-hydrogen) atoms. The molecule has 4 N–H and O–H groups in total. The molecule has 0 bridgehead atoms. The van der Waals surface area contributed by atoms with Crippen LogP contribution >= 0.6 is 0 Å². The molecule has 1 aliphatic heterocycles. The first-order valence-electron chi connectivity index (χ1n) is 5.96. The van der Waals surface area contributed by atoms with Crippen molar-refractivity contribution in [3.8, 4) is 0 Å². The highest BCUT2D eigenvalue weighted by molar-refractivity contribution is 5.99. The molecule has 0 unspecified atom stereocenters. The number of carbonyl (C=O) groups excluding carboxylic acids is 1. The Balaban J connectivity index is 2.38. The Kier molecular flexibility index (Phi) is 3.17. The lowest BCUT2D eigenvalue weighted by molar-refractivity contribution is 0.0644. The Bertz CT molecular complexity index is 471. The minimum atomic E-state index is -0.500. The highest BCUT2D eigenvalue weighted by Gasteiger charge is 2.31. The molecule has 1 saturated heterocycles. The summed E-state index contributed by atoms with van der Waals surface area (Å²) >= 11 is 0. The van der Waals surface area contributed by atoms with Gasteiger partial charge < -0.3 is 21.1 Å². The van der Waals surface area contributed by atoms with Crippen LogP contribution in [0.2, 0.25) is 0 Å². The average molecular weight is 249 g/mol. The predicted molar refractivity (Wildman–Crippen MR) is 71.6 cm³/mol. The predicted octanol–water partition coefficient (Wildman–Crippen LogP) is 0.983. The van der Waals surface area contributed by atoms with E-state index in [0.717, 1.165) is 12.2 Å². The van der Waals surface area contributed by atoms with Gasteiger partial charge in [0.05, 0.1) is 24.3 Å². The zero-order valence-corrected chi connectivity index (χ0v) is 10.8. The molecule has 1 aliphatic rings. The number of carbonyl (C=O) groups is 1. The van der Waals surface area contributed by atoms with Gasteiger partial charge in [-0.2, -0.15) is 0 Å². The van der Waals surface area contributed by atoms with Crippen molar-refractivity contribution in [2.75, 3.05) is 30.4 Å². The fraction of sp³-hybridized carbons (Fsp3) is 0.462. The molecule has 1 aromatic carbocycles. The van der Waals surface area contributed by atoms with Crippen molar-refractivity contribution in [3.63, 3.8) is 0 Å². The number of nitrogens with two attached hydrogens (primary N) is 2. The van der Waals surface area contributed by atoms with E-state index >= 15 is 0 Å². The molecule has 0 aromatic heterocycles. The quantitative estimate of drug-likeness (QED) is 0.766. The molecule has 2 rings (SSSR count). The second-order valence-electron chi connectivity index (χ2n) is 5.15. The smallest absolute Gasteiger partial charge is 0.250 e. The van der Waals surface area contributed by atoms with Crippen molar-refractivity contribution in [3.05, 3.63) is 23.8 Å². The van der Waals surface area contributed by atoms with Crippen molar-refractivity contribution in [1.29, 1.82) is 0 Å². The summed E-state index contributed by atoms with van der Waals surface area (Å²) in [6.07, 6.45) is 0. The largest absolute Gasteiger partial charge is 0.398 e. The van der Waals surface area contributed by atoms with Crippen molar-refractivity contribution in [2.45, 2.75) is 19.4 Å². The third-order valence-electron chi connectivity index (χ3n) is 3.26. The van der Waals surface area contributed by atoms with Crippen LogP contribution in [-0.4, -0.2) is 31.2 Å². The third kappa shape index (κ3) is 2.26. The SMILES string of the molecule is CC1(C)COCCN1c1ccc(N)c(C(N)=O)c1. The van der Waals surface area contributed by atoms with Crippen LogP contribution in [0, 0.1) is 0 Å². The third-order valence-corrected chi connectivity index (χ3v) is 3.26. The Labute approximate surface area is 107 Å². The van der Waals surface area contributed by atoms with Gasteiger partial charge in [-0.25, -0.2) is 0 Å². The van der Waals surface area contributed by atoms with Gasteiger partial charge in [-0.3, -0.25) is 4.79 Å². The molecule has 98 valence electrons. The molecule has 0 radical (unpaired) electrons. The van der Waals surface area contributed by atoms with E-state index in [4.69, 9.17) is 16.2 Å². The van der Waals surface area contributed by atoms with Crippen molar-refractivity contribution >= 4 is 17.3 Å². The number of hydrogen-bond acceptors (Lipinski definition) is 4. The monoisotopic (exact) mass is 249 g/mol. The maximum Gasteiger partial charge on any atom is 0.250 e. The van der Waals surface area contributed by atoms with Gasteiger partial charge in [0.2, 0.25) is 0 Å². The topological polar surface area (TPSA) is 81.6 Å². The number of morpholine rings is 1. The number of ether oxygens (including phenoxy) is 1. The molecule has 5 heteroatoms. The number of primary amides is 1. The van der Waals surface area contributed by atoms with E-state index < -0.39 is 5.91 Å². The highest BCUT2D eigenvalue weighted by Crippen LogP contribution is 2.29. The number of amides is 1. The number of hydrogen-bond donors (Lipinski definition) is 2. The van der Waals surface area contributed by atoms with E-state index in [9.17, 15) is 4.79 Å². The van der Waals surface area contributed by atoms with E-state index in [0.29, 0.717) is 24.5 Å². The highest BCUT2D eigenvalue weighted by atomic mass is 16.5. The molecule has 1 heterocycles. The second kappa shape index (κ2) is 4.49. The van der Waals surface area contributed by atoms with Crippen LogP contribution in [0.1, 0.15) is 24.2 Å². The summed E-state index contributed by atoms with van der Waals surface area (Å²) < 4.78 is 5.48. The van der Waals surface area contributed by atoms with E-state index in [1.807, 2.05) is 6.07 Å². The van der Waals surface area contributed by atoms with Gasteiger partial charge in [0.25, 0.3) is 5.91 Å². The van der Waals surface area contributed by atoms with E-state index in [1.165, 1.54) is 0 Å². The van der Waals surface area contributed by atoms with Gasteiger partial charge in [0.15, 0.2) is 0 Å². The molecular formula is C13H19N3O2. The Morgan fingerprint density at radius 3 is 2.78 bits per heavy atom. The van der Waals surface area contributed by atoms with Crippen LogP contribution < -0.4 is 16.4 Å². The van der Waals surface area contributed by atoms with Crippen molar-refractivity contribution in [2.24, 2.45) is 5.73 Å². The van der Waals surface area contributed by atoms with Crippen LogP contribution in [0.4, 0.5) is 11.4 Å². The number of nitrogen functional groups attached to an aromatic ring is 1. The number of rotatable bonds is 2. The van der Waals surface area contributed by atoms with Crippen LogP contribution in [0.3, 0.4) is 0 Å². The first-order valence-corrected chi connectivity index (χ1v) is 5.96. The minimum Gasteiger partial charge on any atom is -0.398 e. The lowest BCUT2D eigenvalue weighted by Crippen LogP contribution is -2.53. The molecule has 0 aliphatic carbocycles. The lowest BCUT2D eigenvalue weighted by Gasteiger charge is -2.44. The summed E-state index contributed by atoms with van der Waals surface area (Å²) in [5.74, 6) is -0.500. The fourth-order valence-electron chi connectivity index (χ4n) is 2.26. The number of nitrogens with zero attached hydrogens (tertiary/aromatic N) is 1. The van der Waals surface area contributed by atoms with Gasteiger partial charge in [0.1, 0.15) is 0 Å². The molecule has 0 atom stereocenters. The molecule has 1 aromatic rings. The Hall–Kier alpha value is -1.75. The van der Waals surface area contributed by atoms with Crippen molar-refractivity contribution < 1.29 is 9.53 Å². The summed E-state index contributed by atoms with van der Waals surface area (Å²) in [6, 6.07) is 5.39. The molecule has 0 spiro atoms. The standard InChI is InChI=1S/C13H19N3O2/c1-13(2)8-18-6-5-16(13)9-3-4-11(14)10(7-9)12(15)17/h3-4,7H,5-6,8,14H2,1-2H3,(H2,15,17). The average Bonchev–Trinajstić information content (AvgIpc) is 2.29. The van der Waals surface area contributed by atoms with E-state index in [2.05, 4.69) is 18.7 Å². The van der Waals surface area contributed by atoms with Crippen molar-refractivity contribution in [1.82, 2.24) is 0 Å². The summed E-state index contributed by atoms with van der Waals surface area (Å²) in [7, 11) is 0. The molecule has 5 nitrogen and oxygen atoms in total. The first-order chi connectivity index (χ1) is 8.42.